The molecule has 0 aromatic heterocycles. The molecule has 0 aliphatic rings. The number of hydrogen-bond donors (Lipinski definition) is 0. The Kier molecular flexibility index (Phi) is 3.02. The van der Waals surface area contributed by atoms with Crippen molar-refractivity contribution in [1.82, 2.24) is 0 Å². The van der Waals surface area contributed by atoms with E-state index in [1.54, 1.807) is 0 Å². The van der Waals surface area contributed by atoms with Crippen LogP contribution in [0.1, 0.15) is 6.92 Å². The molecule has 0 bridgehead atoms. The van der Waals surface area contributed by atoms with E-state index in [0.29, 0.717) is 0 Å². The minimum atomic E-state index is -0.304. The van der Waals surface area contributed by atoms with Crippen molar-refractivity contribution in [2.45, 2.75) is 6.92 Å². The zero-order valence-corrected chi connectivity index (χ0v) is 4.18. The second kappa shape index (κ2) is 3.40. The van der Waals surface area contributed by atoms with Gasteiger partial charge in [-0.1, -0.05) is 6.58 Å². The molecule has 0 heterocycles. The number of carbonyl (C=O) groups is 1. The van der Waals surface area contributed by atoms with Crippen LogP contribution in [-0.2, 0) is 9.53 Å². The highest BCUT2D eigenvalue weighted by molar-refractivity contribution is 5.65. The predicted octanol–water partition coefficient (Wildman–Crippen LogP) is 0.539. The molecule has 7 heavy (non-hydrogen) atoms. The standard InChI is InChI=1S/C5H7O2/c1-3-4-7-5(2)6/h1,3H,4H2,2H3. The van der Waals surface area contributed by atoms with Crippen LogP contribution in [0.15, 0.2) is 6.08 Å². The van der Waals surface area contributed by atoms with Crippen molar-refractivity contribution < 1.29 is 9.53 Å². The van der Waals surface area contributed by atoms with Crippen molar-refractivity contribution in [2.75, 3.05) is 6.61 Å². The molecule has 0 aromatic rings. The quantitative estimate of drug-likeness (QED) is 0.472. The predicted molar refractivity (Wildman–Crippen MR) is 25.5 cm³/mol. The Hall–Kier alpha value is -0.790. The Morgan fingerprint density at radius 1 is 2.00 bits per heavy atom. The molecule has 0 saturated heterocycles. The summed E-state index contributed by atoms with van der Waals surface area (Å²) in [5.41, 5.74) is 0. The topological polar surface area (TPSA) is 26.3 Å². The van der Waals surface area contributed by atoms with Crippen molar-refractivity contribution in [2.24, 2.45) is 0 Å². The zero-order chi connectivity index (χ0) is 5.70. The highest BCUT2D eigenvalue weighted by Crippen LogP contribution is 1.73. The Bertz CT molecular complexity index is 76.1. The minimum Gasteiger partial charge on any atom is -0.462 e. The van der Waals surface area contributed by atoms with Crippen molar-refractivity contribution >= 4 is 5.97 Å². The van der Waals surface area contributed by atoms with Gasteiger partial charge in [0.1, 0.15) is 6.61 Å². The summed E-state index contributed by atoms with van der Waals surface area (Å²) < 4.78 is 4.37. The molecule has 39 valence electrons. The Morgan fingerprint density at radius 2 is 2.57 bits per heavy atom. The molecule has 0 fully saturated rings. The van der Waals surface area contributed by atoms with Crippen LogP contribution in [0.25, 0.3) is 0 Å². The van der Waals surface area contributed by atoms with Gasteiger partial charge in [0, 0.05) is 6.92 Å². The molecular weight excluding hydrogens is 92.1 g/mol. The van der Waals surface area contributed by atoms with E-state index in [2.05, 4.69) is 4.74 Å². The van der Waals surface area contributed by atoms with Gasteiger partial charge in [-0.25, -0.2) is 0 Å². The number of ether oxygens (including phenoxy) is 1. The summed E-state index contributed by atoms with van der Waals surface area (Å²) in [4.78, 5) is 9.90. The maximum Gasteiger partial charge on any atom is 0.302 e. The lowest BCUT2D eigenvalue weighted by Gasteiger charge is -1.90. The molecule has 0 unspecified atom stereocenters. The lowest BCUT2D eigenvalue weighted by molar-refractivity contribution is -0.139. The zero-order valence-electron chi connectivity index (χ0n) is 4.18. The molecule has 0 atom stereocenters. The average molecular weight is 99.1 g/mol. The minimum absolute atomic E-state index is 0.204. The average Bonchev–Trinajstić information content (AvgIpc) is 1.61. The van der Waals surface area contributed by atoms with Crippen LogP contribution in [0.2, 0.25) is 0 Å². The molecule has 2 heteroatoms. The van der Waals surface area contributed by atoms with E-state index in [0.717, 1.165) is 0 Å². The molecule has 0 N–H and O–H groups in total. The third-order valence-electron chi connectivity index (χ3n) is 0.383. The molecule has 0 rings (SSSR count). The summed E-state index contributed by atoms with van der Waals surface area (Å²) in [6.07, 6.45) is 1.28. The van der Waals surface area contributed by atoms with Gasteiger partial charge in [-0.3, -0.25) is 4.79 Å². The SMILES string of the molecule is [CH]=CCOC(C)=O. The highest BCUT2D eigenvalue weighted by atomic mass is 16.5. The fraction of sp³-hybridized carbons (Fsp3) is 0.400. The van der Waals surface area contributed by atoms with E-state index in [4.69, 9.17) is 6.58 Å². The van der Waals surface area contributed by atoms with E-state index in [-0.39, 0.29) is 12.6 Å². The van der Waals surface area contributed by atoms with Crippen LogP contribution >= 0.6 is 0 Å². The fourth-order valence-corrected chi connectivity index (χ4v) is 0.165. The third kappa shape index (κ3) is 5.21. The van der Waals surface area contributed by atoms with Crippen LogP contribution in [0, 0.1) is 6.58 Å². The number of esters is 1. The number of hydrogen-bond acceptors (Lipinski definition) is 2. The van der Waals surface area contributed by atoms with Crippen molar-refractivity contribution in [3.8, 4) is 0 Å². The number of rotatable bonds is 2. The summed E-state index contributed by atoms with van der Waals surface area (Å²) >= 11 is 0. The van der Waals surface area contributed by atoms with E-state index >= 15 is 0 Å². The van der Waals surface area contributed by atoms with E-state index < -0.39 is 0 Å². The lowest BCUT2D eigenvalue weighted by Crippen LogP contribution is -1.96. The molecule has 0 amide bonds. The van der Waals surface area contributed by atoms with Crippen LogP contribution < -0.4 is 0 Å². The van der Waals surface area contributed by atoms with Gasteiger partial charge < -0.3 is 4.74 Å². The van der Waals surface area contributed by atoms with Gasteiger partial charge in [-0.2, -0.15) is 0 Å². The number of carbonyl (C=O) groups excluding carboxylic acids is 1. The van der Waals surface area contributed by atoms with Crippen molar-refractivity contribution in [1.29, 1.82) is 0 Å². The van der Waals surface area contributed by atoms with E-state index in [1.807, 2.05) is 0 Å². The summed E-state index contributed by atoms with van der Waals surface area (Å²) in [6, 6.07) is 0. The van der Waals surface area contributed by atoms with Gasteiger partial charge in [0.05, 0.1) is 0 Å². The van der Waals surface area contributed by atoms with Crippen molar-refractivity contribution in [3.63, 3.8) is 0 Å². The van der Waals surface area contributed by atoms with Gasteiger partial charge in [0.2, 0.25) is 0 Å². The van der Waals surface area contributed by atoms with Gasteiger partial charge in [0.15, 0.2) is 0 Å². The molecule has 0 aliphatic carbocycles. The van der Waals surface area contributed by atoms with Crippen LogP contribution in [0.4, 0.5) is 0 Å². The van der Waals surface area contributed by atoms with Gasteiger partial charge in [-0.15, -0.1) is 0 Å². The largest absolute Gasteiger partial charge is 0.462 e. The maximum absolute atomic E-state index is 9.90. The van der Waals surface area contributed by atoms with Gasteiger partial charge in [-0.05, 0) is 6.08 Å². The van der Waals surface area contributed by atoms with E-state index in [1.165, 1.54) is 13.0 Å². The molecule has 0 saturated carbocycles. The Balaban J connectivity index is 2.97. The summed E-state index contributed by atoms with van der Waals surface area (Å²) in [5, 5.41) is 0. The third-order valence-corrected chi connectivity index (χ3v) is 0.383. The van der Waals surface area contributed by atoms with Crippen LogP contribution in [-0.4, -0.2) is 12.6 Å². The molecule has 1 radical (unpaired) electrons. The lowest BCUT2D eigenvalue weighted by atomic mass is 10.7. The first-order valence-electron chi connectivity index (χ1n) is 1.94. The molecule has 0 spiro atoms. The van der Waals surface area contributed by atoms with Gasteiger partial charge >= 0.3 is 5.97 Å². The first-order valence-corrected chi connectivity index (χ1v) is 1.94. The smallest absolute Gasteiger partial charge is 0.302 e. The molecule has 2 nitrogen and oxygen atoms in total. The van der Waals surface area contributed by atoms with Crippen molar-refractivity contribution in [3.05, 3.63) is 12.7 Å². The highest BCUT2D eigenvalue weighted by Gasteiger charge is 1.83. The summed E-state index contributed by atoms with van der Waals surface area (Å²) in [6.45, 7) is 6.42. The Morgan fingerprint density at radius 3 is 2.71 bits per heavy atom. The second-order valence-corrected chi connectivity index (χ2v) is 1.04. The van der Waals surface area contributed by atoms with Crippen LogP contribution in [0.3, 0.4) is 0 Å². The second-order valence-electron chi connectivity index (χ2n) is 1.04. The monoisotopic (exact) mass is 99.0 g/mol. The summed E-state index contributed by atoms with van der Waals surface area (Å²) in [5.74, 6) is -0.304. The molecular formula is C5H7O2. The van der Waals surface area contributed by atoms with Crippen LogP contribution in [0.5, 0.6) is 0 Å². The maximum atomic E-state index is 9.90. The first kappa shape index (κ1) is 6.21. The normalized spacial score (nSPS) is 7.57. The fourth-order valence-electron chi connectivity index (χ4n) is 0.165. The Labute approximate surface area is 42.8 Å². The van der Waals surface area contributed by atoms with Gasteiger partial charge in [0.25, 0.3) is 0 Å². The molecule has 0 aliphatic heterocycles. The first-order chi connectivity index (χ1) is 3.27. The summed E-state index contributed by atoms with van der Waals surface area (Å²) in [7, 11) is 0. The molecule has 0 aromatic carbocycles. The van der Waals surface area contributed by atoms with E-state index in [9.17, 15) is 4.79 Å².